The molecule has 1 aromatic rings. The van der Waals surface area contributed by atoms with Crippen molar-refractivity contribution < 1.29 is 43.2 Å². The fourth-order valence-corrected chi connectivity index (χ4v) is 2.92. The largest absolute Gasteiger partial charge is 0.456 e. The molecule has 1 fully saturated rings. The molecule has 12 heteroatoms. The van der Waals surface area contributed by atoms with E-state index in [4.69, 9.17) is 23.7 Å². The Morgan fingerprint density at radius 3 is 2.18 bits per heavy atom. The van der Waals surface area contributed by atoms with E-state index < -0.39 is 48.6 Å². The van der Waals surface area contributed by atoms with E-state index in [2.05, 4.69) is 10.3 Å². The van der Waals surface area contributed by atoms with Crippen LogP contribution in [0.2, 0.25) is 0 Å². The number of aliphatic hydroxyl groups excluding tert-OH is 1. The van der Waals surface area contributed by atoms with Crippen LogP contribution in [0.1, 0.15) is 26.5 Å². The second-order valence-electron chi connectivity index (χ2n) is 6.07. The number of hydrogen-bond donors (Lipinski definition) is 1. The quantitative estimate of drug-likeness (QED) is 0.440. The molecular formula is C16H23N3O9. The summed E-state index contributed by atoms with van der Waals surface area (Å²) in [4.78, 5) is 34.8. The lowest BCUT2D eigenvalue weighted by Gasteiger charge is -2.43. The Morgan fingerprint density at radius 2 is 1.64 bits per heavy atom. The van der Waals surface area contributed by atoms with Crippen molar-refractivity contribution in [2.75, 3.05) is 7.11 Å². The van der Waals surface area contributed by atoms with Crippen LogP contribution < -0.4 is 0 Å². The van der Waals surface area contributed by atoms with Gasteiger partial charge in [0.2, 0.25) is 0 Å². The van der Waals surface area contributed by atoms with Crippen molar-refractivity contribution in [2.24, 2.45) is 0 Å². The zero-order chi connectivity index (χ0) is 20.8. The molecule has 0 aliphatic carbocycles. The minimum absolute atomic E-state index is 0.00173. The Labute approximate surface area is 160 Å². The van der Waals surface area contributed by atoms with Gasteiger partial charge in [-0.25, -0.2) is 4.68 Å². The molecule has 1 saturated heterocycles. The Kier molecular flexibility index (Phi) is 7.43. The second kappa shape index (κ2) is 9.57. The summed E-state index contributed by atoms with van der Waals surface area (Å²) in [6.07, 6.45) is -4.13. The average molecular weight is 401 g/mol. The summed E-state index contributed by atoms with van der Waals surface area (Å²) in [5.74, 6) is -1.99. The van der Waals surface area contributed by atoms with Crippen molar-refractivity contribution in [3.8, 4) is 0 Å². The predicted molar refractivity (Wildman–Crippen MR) is 88.3 cm³/mol. The summed E-state index contributed by atoms with van der Waals surface area (Å²) >= 11 is 0. The molecule has 28 heavy (non-hydrogen) atoms. The molecule has 1 aromatic heterocycles. The molecule has 5 atom stereocenters. The molecule has 0 bridgehead atoms. The number of esters is 3. The number of hydrogen-bond acceptors (Lipinski definition) is 11. The first-order valence-electron chi connectivity index (χ1n) is 8.45. The lowest BCUT2D eigenvalue weighted by Crippen LogP contribution is -2.62. The number of carbonyl (C=O) groups excluding carboxylic acids is 3. The van der Waals surface area contributed by atoms with Crippen LogP contribution in [-0.2, 0) is 51.2 Å². The zero-order valence-electron chi connectivity index (χ0n) is 15.9. The molecule has 1 N–H and O–H groups in total. The van der Waals surface area contributed by atoms with Crippen molar-refractivity contribution in [1.82, 2.24) is 15.0 Å². The van der Waals surface area contributed by atoms with E-state index >= 15 is 0 Å². The van der Waals surface area contributed by atoms with E-state index in [-0.39, 0.29) is 13.2 Å². The van der Waals surface area contributed by atoms with Gasteiger partial charge in [0.05, 0.1) is 25.0 Å². The van der Waals surface area contributed by atoms with Gasteiger partial charge in [-0.2, -0.15) is 0 Å². The van der Waals surface area contributed by atoms with Gasteiger partial charge < -0.3 is 28.8 Å². The molecule has 12 nitrogen and oxygen atoms in total. The van der Waals surface area contributed by atoms with Crippen molar-refractivity contribution in [3.63, 3.8) is 0 Å². The first-order valence-corrected chi connectivity index (χ1v) is 8.45. The third-order valence-electron chi connectivity index (χ3n) is 3.94. The molecule has 2 heterocycles. The minimum atomic E-state index is -1.19. The van der Waals surface area contributed by atoms with Crippen LogP contribution in [0.25, 0.3) is 0 Å². The number of aliphatic hydroxyl groups is 1. The molecule has 0 saturated carbocycles. The fraction of sp³-hybridized carbons (Fsp3) is 0.688. The van der Waals surface area contributed by atoms with Gasteiger partial charge in [-0.05, 0) is 0 Å². The summed E-state index contributed by atoms with van der Waals surface area (Å²) in [6.45, 7) is 3.20. The zero-order valence-corrected chi connectivity index (χ0v) is 15.9. The van der Waals surface area contributed by atoms with Crippen molar-refractivity contribution >= 4 is 17.9 Å². The monoisotopic (exact) mass is 401 g/mol. The number of methoxy groups -OCH3 is 1. The third-order valence-corrected chi connectivity index (χ3v) is 3.94. The van der Waals surface area contributed by atoms with E-state index in [1.165, 1.54) is 38.8 Å². The lowest BCUT2D eigenvalue weighted by molar-refractivity contribution is -0.300. The topological polar surface area (TPSA) is 148 Å². The van der Waals surface area contributed by atoms with Crippen LogP contribution in [0.15, 0.2) is 6.20 Å². The smallest absolute Gasteiger partial charge is 0.303 e. The molecule has 0 radical (unpaired) electrons. The van der Waals surface area contributed by atoms with E-state index in [1.807, 2.05) is 0 Å². The number of carbonyl (C=O) groups is 3. The number of ether oxygens (including phenoxy) is 5. The molecule has 0 unspecified atom stereocenters. The van der Waals surface area contributed by atoms with Gasteiger partial charge in [-0.3, -0.25) is 14.4 Å². The van der Waals surface area contributed by atoms with Gasteiger partial charge in [0.25, 0.3) is 0 Å². The number of rotatable bonds is 7. The van der Waals surface area contributed by atoms with Gasteiger partial charge in [0.1, 0.15) is 6.10 Å². The number of nitrogens with zero attached hydrogens (tertiary/aromatic N) is 3. The van der Waals surface area contributed by atoms with Crippen LogP contribution in [0, 0.1) is 0 Å². The SMILES string of the molecule is CO[C@H]1O[C@H](Cn2nncc2CO)[C@@H](OC(C)=O)[C@H](OC(C)=O)[C@H]1OC(C)=O. The Hall–Kier alpha value is -2.57. The molecule has 1 aliphatic rings. The Bertz CT molecular complexity index is 707. The van der Waals surface area contributed by atoms with Gasteiger partial charge >= 0.3 is 17.9 Å². The third kappa shape index (κ3) is 5.24. The van der Waals surface area contributed by atoms with Crippen LogP contribution in [0.3, 0.4) is 0 Å². The molecule has 0 amide bonds. The first-order chi connectivity index (χ1) is 13.3. The highest BCUT2D eigenvalue weighted by molar-refractivity contribution is 5.68. The molecule has 1 aliphatic heterocycles. The van der Waals surface area contributed by atoms with Gasteiger partial charge in [0, 0.05) is 27.9 Å². The summed E-state index contributed by atoms with van der Waals surface area (Å²) in [7, 11) is 1.32. The van der Waals surface area contributed by atoms with Gasteiger partial charge in [0.15, 0.2) is 24.6 Å². The molecule has 0 spiro atoms. The second-order valence-corrected chi connectivity index (χ2v) is 6.07. The molecule has 0 aromatic carbocycles. The summed E-state index contributed by atoms with van der Waals surface area (Å²) in [5, 5.41) is 16.9. The normalized spacial score (nSPS) is 27.1. The molecule has 156 valence electrons. The maximum absolute atomic E-state index is 11.7. The van der Waals surface area contributed by atoms with E-state index in [0.29, 0.717) is 5.69 Å². The first kappa shape index (κ1) is 21.7. The van der Waals surface area contributed by atoms with Crippen molar-refractivity contribution in [2.45, 2.75) is 64.6 Å². The molecular weight excluding hydrogens is 378 g/mol. The van der Waals surface area contributed by atoms with E-state index in [1.54, 1.807) is 0 Å². The maximum Gasteiger partial charge on any atom is 0.303 e. The highest BCUT2D eigenvalue weighted by Crippen LogP contribution is 2.30. The lowest BCUT2D eigenvalue weighted by atomic mass is 9.97. The maximum atomic E-state index is 11.7. The highest BCUT2D eigenvalue weighted by Gasteiger charge is 2.52. The van der Waals surface area contributed by atoms with Gasteiger partial charge in [-0.15, -0.1) is 5.10 Å². The van der Waals surface area contributed by atoms with E-state index in [0.717, 1.165) is 0 Å². The Balaban J connectivity index is 2.40. The standard InChI is InChI=1S/C16H23N3O9/c1-8(21)25-13-12(6-19-11(7-20)5-17-18-19)28-16(24-4)15(27-10(3)23)14(13)26-9(2)22/h5,12-16,20H,6-7H2,1-4H3/t12-,13-,14+,15-,16+/m1/s1. The summed E-state index contributed by atoms with van der Waals surface area (Å²) < 4.78 is 28.3. The van der Waals surface area contributed by atoms with Crippen LogP contribution >= 0.6 is 0 Å². The number of aromatic nitrogens is 3. The molecule has 2 rings (SSSR count). The highest BCUT2D eigenvalue weighted by atomic mass is 16.7. The average Bonchev–Trinajstić information content (AvgIpc) is 3.05. The summed E-state index contributed by atoms with van der Waals surface area (Å²) in [6, 6.07) is 0. The van der Waals surface area contributed by atoms with Crippen molar-refractivity contribution in [1.29, 1.82) is 0 Å². The van der Waals surface area contributed by atoms with E-state index in [9.17, 15) is 19.5 Å². The fourth-order valence-electron chi connectivity index (χ4n) is 2.92. The van der Waals surface area contributed by atoms with Crippen LogP contribution in [0.5, 0.6) is 0 Å². The van der Waals surface area contributed by atoms with Crippen LogP contribution in [-0.4, -0.2) is 75.8 Å². The summed E-state index contributed by atoms with van der Waals surface area (Å²) in [5.41, 5.74) is 0.394. The van der Waals surface area contributed by atoms with Gasteiger partial charge in [-0.1, -0.05) is 5.21 Å². The van der Waals surface area contributed by atoms with Crippen LogP contribution in [0.4, 0.5) is 0 Å². The van der Waals surface area contributed by atoms with Crippen molar-refractivity contribution in [3.05, 3.63) is 11.9 Å². The minimum Gasteiger partial charge on any atom is -0.456 e. The Morgan fingerprint density at radius 1 is 1.07 bits per heavy atom. The predicted octanol–water partition coefficient (Wildman–Crippen LogP) is -1.06.